The number of carboxylic acids is 1. The lowest BCUT2D eigenvalue weighted by atomic mass is 9.87. The van der Waals surface area contributed by atoms with Gasteiger partial charge < -0.3 is 15.4 Å². The summed E-state index contributed by atoms with van der Waals surface area (Å²) >= 11 is 0. The van der Waals surface area contributed by atoms with Crippen molar-refractivity contribution in [1.29, 1.82) is 0 Å². The van der Waals surface area contributed by atoms with Crippen molar-refractivity contribution in [2.75, 3.05) is 6.54 Å². The quantitative estimate of drug-likeness (QED) is 0.846. The summed E-state index contributed by atoms with van der Waals surface area (Å²) in [6, 6.07) is 0.490. The van der Waals surface area contributed by atoms with Crippen LogP contribution in [0.3, 0.4) is 0 Å². The molecule has 0 bridgehead atoms. The highest BCUT2D eigenvalue weighted by Gasteiger charge is 2.62. The Morgan fingerprint density at radius 2 is 2.18 bits per heavy atom. The Bertz CT molecular complexity index is 534. The van der Waals surface area contributed by atoms with Gasteiger partial charge in [-0.1, -0.05) is 6.92 Å². The van der Waals surface area contributed by atoms with Gasteiger partial charge in [-0.3, -0.25) is 4.79 Å². The maximum absolute atomic E-state index is 11.8. The summed E-state index contributed by atoms with van der Waals surface area (Å²) in [5.41, 5.74) is 5.56. The first kappa shape index (κ1) is 15.5. The van der Waals surface area contributed by atoms with Crippen LogP contribution in [0.2, 0.25) is 0 Å². The van der Waals surface area contributed by atoms with Gasteiger partial charge in [0, 0.05) is 12.2 Å². The van der Waals surface area contributed by atoms with E-state index in [0.717, 1.165) is 24.5 Å². The standard InChI is InChI=1S/C17H27N3O2/c1-12-4-6-14(7-5-12)20-10-15(19-11-20)17(16(21)22)9-13(17)3-2-8-18/h10-14H,2-9,18H2,1H3,(H,21,22)/t12-,13?,14-,17?. The van der Waals surface area contributed by atoms with Gasteiger partial charge in [0.05, 0.1) is 12.0 Å². The van der Waals surface area contributed by atoms with Crippen LogP contribution in [0.4, 0.5) is 0 Å². The van der Waals surface area contributed by atoms with Crippen molar-refractivity contribution in [1.82, 2.24) is 9.55 Å². The molecule has 5 nitrogen and oxygen atoms in total. The van der Waals surface area contributed by atoms with E-state index in [2.05, 4.69) is 16.5 Å². The number of hydrogen-bond donors (Lipinski definition) is 2. The molecule has 2 unspecified atom stereocenters. The lowest BCUT2D eigenvalue weighted by Crippen LogP contribution is -2.23. The first-order valence-corrected chi connectivity index (χ1v) is 8.55. The zero-order valence-electron chi connectivity index (χ0n) is 13.4. The lowest BCUT2D eigenvalue weighted by molar-refractivity contribution is -0.140. The van der Waals surface area contributed by atoms with Crippen LogP contribution >= 0.6 is 0 Å². The molecule has 22 heavy (non-hydrogen) atoms. The number of carbonyl (C=O) groups is 1. The van der Waals surface area contributed by atoms with E-state index in [1.54, 1.807) is 0 Å². The zero-order chi connectivity index (χ0) is 15.7. The molecule has 2 aliphatic carbocycles. The molecule has 1 heterocycles. The monoisotopic (exact) mass is 305 g/mol. The van der Waals surface area contributed by atoms with Crippen LogP contribution in [0.25, 0.3) is 0 Å². The Balaban J connectivity index is 1.73. The summed E-state index contributed by atoms with van der Waals surface area (Å²) in [7, 11) is 0. The van der Waals surface area contributed by atoms with Crippen LogP contribution in [0.5, 0.6) is 0 Å². The van der Waals surface area contributed by atoms with Crippen molar-refractivity contribution in [2.24, 2.45) is 17.6 Å². The largest absolute Gasteiger partial charge is 0.481 e. The van der Waals surface area contributed by atoms with Gasteiger partial charge >= 0.3 is 5.97 Å². The second kappa shape index (κ2) is 6.03. The van der Waals surface area contributed by atoms with Crippen LogP contribution in [0.1, 0.15) is 63.6 Å². The molecule has 0 saturated heterocycles. The predicted octanol–water partition coefficient (Wildman–Crippen LogP) is 2.72. The Hall–Kier alpha value is -1.36. The first-order chi connectivity index (χ1) is 10.6. The molecule has 2 atom stereocenters. The number of imidazole rings is 1. The first-order valence-electron chi connectivity index (χ1n) is 8.55. The molecule has 2 fully saturated rings. The van der Waals surface area contributed by atoms with Gasteiger partial charge in [0.2, 0.25) is 0 Å². The molecular formula is C17H27N3O2. The number of aromatic nitrogens is 2. The highest BCUT2D eigenvalue weighted by atomic mass is 16.4. The summed E-state index contributed by atoms with van der Waals surface area (Å²) in [5, 5.41) is 9.70. The van der Waals surface area contributed by atoms with E-state index in [-0.39, 0.29) is 5.92 Å². The van der Waals surface area contributed by atoms with E-state index in [9.17, 15) is 9.90 Å². The third kappa shape index (κ3) is 2.67. The number of aliphatic carboxylic acids is 1. The fourth-order valence-corrected chi connectivity index (χ4v) is 4.04. The number of nitrogens with zero attached hydrogens (tertiary/aromatic N) is 2. The Morgan fingerprint density at radius 1 is 1.45 bits per heavy atom. The topological polar surface area (TPSA) is 81.1 Å². The maximum Gasteiger partial charge on any atom is 0.316 e. The van der Waals surface area contributed by atoms with Gasteiger partial charge in [-0.05, 0) is 63.3 Å². The molecule has 0 spiro atoms. The minimum Gasteiger partial charge on any atom is -0.481 e. The van der Waals surface area contributed by atoms with Gasteiger partial charge in [-0.2, -0.15) is 0 Å². The van der Waals surface area contributed by atoms with E-state index < -0.39 is 11.4 Å². The average Bonchev–Trinajstić information content (AvgIpc) is 3.04. The fourth-order valence-electron chi connectivity index (χ4n) is 4.04. The second-order valence-corrected chi connectivity index (χ2v) is 7.23. The van der Waals surface area contributed by atoms with Gasteiger partial charge in [0.25, 0.3) is 0 Å². The molecule has 122 valence electrons. The van der Waals surface area contributed by atoms with Crippen molar-refractivity contribution in [2.45, 2.75) is 63.3 Å². The van der Waals surface area contributed by atoms with Gasteiger partial charge in [-0.25, -0.2) is 4.98 Å². The summed E-state index contributed by atoms with van der Waals surface area (Å²) in [5.74, 6) is 0.286. The number of hydrogen-bond acceptors (Lipinski definition) is 3. The van der Waals surface area contributed by atoms with Crippen molar-refractivity contribution < 1.29 is 9.90 Å². The van der Waals surface area contributed by atoms with Crippen LogP contribution in [0, 0.1) is 11.8 Å². The van der Waals surface area contributed by atoms with Crippen LogP contribution in [-0.2, 0) is 10.2 Å². The summed E-state index contributed by atoms with van der Waals surface area (Å²) in [4.78, 5) is 16.3. The third-order valence-electron chi connectivity index (χ3n) is 5.71. The van der Waals surface area contributed by atoms with Crippen LogP contribution < -0.4 is 5.73 Å². The fraction of sp³-hybridized carbons (Fsp3) is 0.765. The minimum atomic E-state index is -0.748. The van der Waals surface area contributed by atoms with Gasteiger partial charge in [-0.15, -0.1) is 0 Å². The highest BCUT2D eigenvalue weighted by Crippen LogP contribution is 2.56. The summed E-state index contributed by atoms with van der Waals surface area (Å²) in [6.07, 6.45) is 11.2. The molecule has 0 aromatic carbocycles. The summed E-state index contributed by atoms with van der Waals surface area (Å²) < 4.78 is 2.16. The van der Waals surface area contributed by atoms with Crippen LogP contribution in [-0.4, -0.2) is 27.2 Å². The number of carboxylic acid groups (broad SMARTS) is 1. The highest BCUT2D eigenvalue weighted by molar-refractivity contribution is 5.85. The predicted molar refractivity (Wildman–Crippen MR) is 84.6 cm³/mol. The van der Waals surface area contributed by atoms with Crippen molar-refractivity contribution in [3.8, 4) is 0 Å². The molecule has 0 amide bonds. The normalized spacial score (nSPS) is 34.5. The number of nitrogens with two attached hydrogens (primary N) is 1. The molecule has 0 radical (unpaired) electrons. The van der Waals surface area contributed by atoms with E-state index >= 15 is 0 Å². The Kier molecular flexibility index (Phi) is 4.26. The van der Waals surface area contributed by atoms with Crippen molar-refractivity contribution in [3.63, 3.8) is 0 Å². The van der Waals surface area contributed by atoms with E-state index in [0.29, 0.717) is 19.0 Å². The molecule has 3 N–H and O–H groups in total. The average molecular weight is 305 g/mol. The van der Waals surface area contributed by atoms with E-state index in [1.807, 2.05) is 12.5 Å². The zero-order valence-corrected chi connectivity index (χ0v) is 13.4. The van der Waals surface area contributed by atoms with Gasteiger partial charge in [0.1, 0.15) is 5.41 Å². The maximum atomic E-state index is 11.8. The van der Waals surface area contributed by atoms with Crippen LogP contribution in [0.15, 0.2) is 12.5 Å². The smallest absolute Gasteiger partial charge is 0.316 e. The third-order valence-corrected chi connectivity index (χ3v) is 5.71. The molecule has 0 aliphatic heterocycles. The number of rotatable bonds is 6. The lowest BCUT2D eigenvalue weighted by Gasteiger charge is -2.27. The van der Waals surface area contributed by atoms with Gasteiger partial charge in [0.15, 0.2) is 0 Å². The van der Waals surface area contributed by atoms with Crippen molar-refractivity contribution in [3.05, 3.63) is 18.2 Å². The second-order valence-electron chi connectivity index (χ2n) is 7.23. The van der Waals surface area contributed by atoms with Crippen molar-refractivity contribution >= 4 is 5.97 Å². The van der Waals surface area contributed by atoms with E-state index in [1.165, 1.54) is 25.7 Å². The molecule has 1 aromatic rings. The molecular weight excluding hydrogens is 278 g/mol. The Labute approximate surface area is 131 Å². The molecule has 5 heteroatoms. The molecule has 3 rings (SSSR count). The molecule has 2 aliphatic rings. The SMILES string of the molecule is C[C@H]1CC[C@H](n2cnc(C3(C(=O)O)CC3CCCN)c2)CC1. The summed E-state index contributed by atoms with van der Waals surface area (Å²) in [6.45, 7) is 2.93. The Morgan fingerprint density at radius 3 is 2.82 bits per heavy atom. The molecule has 2 saturated carbocycles. The molecule has 1 aromatic heterocycles. The van der Waals surface area contributed by atoms with E-state index in [4.69, 9.17) is 5.73 Å². The minimum absolute atomic E-state index is 0.197.